The van der Waals surface area contributed by atoms with Crippen LogP contribution < -0.4 is 5.32 Å². The van der Waals surface area contributed by atoms with E-state index >= 15 is 0 Å². The largest absolute Gasteiger partial charge is 0.360 e. The summed E-state index contributed by atoms with van der Waals surface area (Å²) in [5.74, 6) is 2.17. The average Bonchev–Trinajstić information content (AvgIpc) is 3.15. The van der Waals surface area contributed by atoms with Crippen LogP contribution in [0.25, 0.3) is 5.65 Å². The predicted octanol–water partition coefficient (Wildman–Crippen LogP) is 3.20. The topological polar surface area (TPSA) is 72.9 Å². The number of rotatable bonds is 5. The highest BCUT2D eigenvalue weighted by Crippen LogP contribution is 2.23. The minimum absolute atomic E-state index is 0.00899. The molecular formula is C16H23N7. The molecule has 0 saturated carbocycles. The van der Waals surface area contributed by atoms with Gasteiger partial charge >= 0.3 is 0 Å². The number of fused-ring (bicyclic) bond motifs is 1. The van der Waals surface area contributed by atoms with Crippen LogP contribution in [0, 0.1) is 0 Å². The molecule has 0 spiro atoms. The van der Waals surface area contributed by atoms with Crippen molar-refractivity contribution in [3.05, 3.63) is 36.2 Å². The molecule has 3 heterocycles. The van der Waals surface area contributed by atoms with Gasteiger partial charge in [0, 0.05) is 23.9 Å². The monoisotopic (exact) mass is 313 g/mol. The van der Waals surface area contributed by atoms with Crippen molar-refractivity contribution < 1.29 is 0 Å². The quantitative estimate of drug-likeness (QED) is 0.783. The fourth-order valence-corrected chi connectivity index (χ4v) is 2.58. The molecule has 3 rings (SSSR count). The normalized spacial score (nSPS) is 13.2. The lowest BCUT2D eigenvalue weighted by Crippen LogP contribution is -2.17. The second-order valence-electron chi connectivity index (χ2n) is 6.38. The van der Waals surface area contributed by atoms with Crippen molar-refractivity contribution in [1.82, 2.24) is 29.4 Å². The van der Waals surface area contributed by atoms with Gasteiger partial charge in [-0.3, -0.25) is 0 Å². The van der Waals surface area contributed by atoms with Gasteiger partial charge in [-0.15, -0.1) is 10.2 Å². The molecule has 0 aromatic carbocycles. The summed E-state index contributed by atoms with van der Waals surface area (Å²) in [5.41, 5.74) is 1.88. The zero-order valence-electron chi connectivity index (χ0n) is 14.2. The summed E-state index contributed by atoms with van der Waals surface area (Å²) >= 11 is 0. The standard InChI is InChI=1S/C16H23N7/c1-10(2)13-8-15(23-14(20-13)6-7-18-23)19-12(5)16-21-17-9-22(16)11(3)4/h6-12,19H,1-5H3. The maximum absolute atomic E-state index is 4.64. The van der Waals surface area contributed by atoms with Gasteiger partial charge in [0.2, 0.25) is 0 Å². The van der Waals surface area contributed by atoms with Gasteiger partial charge in [0.15, 0.2) is 11.5 Å². The summed E-state index contributed by atoms with van der Waals surface area (Å²) in [5, 5.41) is 16.2. The third-order valence-corrected chi connectivity index (χ3v) is 3.88. The number of nitrogens with one attached hydrogen (secondary N) is 1. The number of anilines is 1. The SMILES string of the molecule is CC(C)c1cc(NC(C)c2nncn2C(C)C)n2nccc2n1. The Morgan fingerprint density at radius 2 is 1.91 bits per heavy atom. The van der Waals surface area contributed by atoms with Crippen molar-refractivity contribution in [3.8, 4) is 0 Å². The molecule has 0 saturated heterocycles. The van der Waals surface area contributed by atoms with Gasteiger partial charge in [-0.1, -0.05) is 13.8 Å². The van der Waals surface area contributed by atoms with Crippen LogP contribution >= 0.6 is 0 Å². The Balaban J connectivity index is 1.97. The molecule has 122 valence electrons. The second kappa shape index (κ2) is 5.98. The van der Waals surface area contributed by atoms with Crippen molar-refractivity contribution in [3.63, 3.8) is 0 Å². The van der Waals surface area contributed by atoms with Crippen LogP contribution in [0.1, 0.15) is 64.1 Å². The first-order valence-corrected chi connectivity index (χ1v) is 7.98. The van der Waals surface area contributed by atoms with Crippen LogP contribution in [0.4, 0.5) is 5.82 Å². The Bertz CT molecular complexity index is 800. The van der Waals surface area contributed by atoms with Gasteiger partial charge in [0.1, 0.15) is 12.1 Å². The van der Waals surface area contributed by atoms with Crippen molar-refractivity contribution in [2.24, 2.45) is 0 Å². The Kier molecular flexibility index (Phi) is 4.02. The molecule has 0 amide bonds. The molecule has 23 heavy (non-hydrogen) atoms. The maximum Gasteiger partial charge on any atom is 0.157 e. The lowest BCUT2D eigenvalue weighted by molar-refractivity contribution is 0.551. The molecule has 0 aliphatic rings. The van der Waals surface area contributed by atoms with E-state index in [4.69, 9.17) is 0 Å². The van der Waals surface area contributed by atoms with Crippen LogP contribution in [-0.4, -0.2) is 29.4 Å². The van der Waals surface area contributed by atoms with Crippen LogP contribution in [0.2, 0.25) is 0 Å². The van der Waals surface area contributed by atoms with Gasteiger partial charge in [-0.2, -0.15) is 9.61 Å². The van der Waals surface area contributed by atoms with E-state index < -0.39 is 0 Å². The van der Waals surface area contributed by atoms with Crippen molar-refractivity contribution in [2.45, 2.75) is 52.6 Å². The number of aromatic nitrogens is 6. The summed E-state index contributed by atoms with van der Waals surface area (Å²) in [7, 11) is 0. The second-order valence-corrected chi connectivity index (χ2v) is 6.38. The third kappa shape index (κ3) is 2.91. The van der Waals surface area contributed by atoms with E-state index in [9.17, 15) is 0 Å². The van der Waals surface area contributed by atoms with Gasteiger partial charge in [0.05, 0.1) is 12.2 Å². The number of hydrogen-bond acceptors (Lipinski definition) is 5. The average molecular weight is 313 g/mol. The highest BCUT2D eigenvalue weighted by molar-refractivity contribution is 5.50. The van der Waals surface area contributed by atoms with Crippen LogP contribution in [-0.2, 0) is 0 Å². The molecular weight excluding hydrogens is 290 g/mol. The van der Waals surface area contributed by atoms with Gasteiger partial charge < -0.3 is 9.88 Å². The molecule has 0 bridgehead atoms. The van der Waals surface area contributed by atoms with Crippen molar-refractivity contribution in [2.75, 3.05) is 5.32 Å². The molecule has 7 nitrogen and oxygen atoms in total. The Morgan fingerprint density at radius 3 is 2.61 bits per heavy atom. The molecule has 3 aromatic heterocycles. The fraction of sp³-hybridized carbons (Fsp3) is 0.500. The molecule has 1 atom stereocenters. The first-order chi connectivity index (χ1) is 11.0. The molecule has 3 aromatic rings. The maximum atomic E-state index is 4.64. The molecule has 0 radical (unpaired) electrons. The third-order valence-electron chi connectivity index (χ3n) is 3.88. The highest BCUT2D eigenvalue weighted by Gasteiger charge is 2.17. The van der Waals surface area contributed by atoms with Gasteiger partial charge in [-0.05, 0) is 26.7 Å². The molecule has 0 aliphatic carbocycles. The number of nitrogens with zero attached hydrogens (tertiary/aromatic N) is 6. The zero-order chi connectivity index (χ0) is 16.6. The summed E-state index contributed by atoms with van der Waals surface area (Å²) in [4.78, 5) is 4.64. The fourth-order valence-electron chi connectivity index (χ4n) is 2.58. The molecule has 0 fully saturated rings. The number of hydrogen-bond donors (Lipinski definition) is 1. The first kappa shape index (κ1) is 15.5. The Labute approximate surface area is 135 Å². The van der Waals surface area contributed by atoms with E-state index in [1.165, 1.54) is 0 Å². The summed E-state index contributed by atoms with van der Waals surface area (Å²) in [6.07, 6.45) is 3.53. The van der Waals surface area contributed by atoms with E-state index in [-0.39, 0.29) is 6.04 Å². The van der Waals surface area contributed by atoms with Crippen molar-refractivity contribution in [1.29, 1.82) is 0 Å². The lowest BCUT2D eigenvalue weighted by Gasteiger charge is -2.19. The Morgan fingerprint density at radius 1 is 1.13 bits per heavy atom. The van der Waals surface area contributed by atoms with Crippen LogP contribution in [0.3, 0.4) is 0 Å². The predicted molar refractivity (Wildman–Crippen MR) is 89.5 cm³/mol. The highest BCUT2D eigenvalue weighted by atomic mass is 15.3. The molecule has 1 unspecified atom stereocenters. The minimum atomic E-state index is 0.00899. The van der Waals surface area contributed by atoms with Gasteiger partial charge in [-0.25, -0.2) is 4.98 Å². The van der Waals surface area contributed by atoms with E-state index in [1.54, 1.807) is 12.5 Å². The first-order valence-electron chi connectivity index (χ1n) is 7.98. The van der Waals surface area contributed by atoms with E-state index in [0.717, 1.165) is 23.0 Å². The van der Waals surface area contributed by atoms with E-state index in [1.807, 2.05) is 10.6 Å². The summed E-state index contributed by atoms with van der Waals surface area (Å²) in [6.45, 7) is 10.6. The minimum Gasteiger partial charge on any atom is -0.360 e. The van der Waals surface area contributed by atoms with Gasteiger partial charge in [0.25, 0.3) is 0 Å². The zero-order valence-corrected chi connectivity index (χ0v) is 14.2. The van der Waals surface area contributed by atoms with E-state index in [2.05, 4.69) is 70.8 Å². The van der Waals surface area contributed by atoms with Crippen LogP contribution in [0.5, 0.6) is 0 Å². The summed E-state index contributed by atoms with van der Waals surface area (Å²) < 4.78 is 3.89. The smallest absolute Gasteiger partial charge is 0.157 e. The lowest BCUT2D eigenvalue weighted by atomic mass is 10.1. The summed E-state index contributed by atoms with van der Waals surface area (Å²) in [6, 6.07) is 4.29. The molecule has 1 N–H and O–H groups in total. The molecule has 7 heteroatoms. The Hall–Kier alpha value is -2.44. The molecule has 0 aliphatic heterocycles. The van der Waals surface area contributed by atoms with Crippen molar-refractivity contribution >= 4 is 11.5 Å². The van der Waals surface area contributed by atoms with Crippen LogP contribution in [0.15, 0.2) is 24.7 Å². The van der Waals surface area contributed by atoms with E-state index in [0.29, 0.717) is 12.0 Å².